The molecule has 16 nitrogen and oxygen atoms in total. The number of nitrogens with two attached hydrogens (primary N) is 2. The summed E-state index contributed by atoms with van der Waals surface area (Å²) in [6, 6.07) is 2.29. The van der Waals surface area contributed by atoms with E-state index in [4.69, 9.17) is 11.5 Å². The zero-order valence-corrected chi connectivity index (χ0v) is 24.7. The number of aliphatic hydroxyl groups is 1. The lowest BCUT2D eigenvalue weighted by Crippen LogP contribution is -2.60. The average molecular weight is 620 g/mol. The SMILES string of the molecule is C[C@H](N)C(=O)NCC(=O)N1CCC[C@H]1C(=O)N[C@@H](CCC(N)=O)C(=O)N[C@H](C(=O)N[C@@H](Cc1ccccc1)C(=O)O)[C@@H](C)O. The van der Waals surface area contributed by atoms with E-state index in [-0.39, 0.29) is 38.8 Å². The summed E-state index contributed by atoms with van der Waals surface area (Å²) >= 11 is 0. The molecule has 1 aromatic rings. The Labute approximate surface area is 254 Å². The maximum absolute atomic E-state index is 13.3. The van der Waals surface area contributed by atoms with E-state index in [1.54, 1.807) is 30.3 Å². The molecule has 0 spiro atoms. The van der Waals surface area contributed by atoms with Gasteiger partial charge in [-0.15, -0.1) is 0 Å². The van der Waals surface area contributed by atoms with Gasteiger partial charge in [-0.3, -0.25) is 28.8 Å². The molecule has 0 saturated carbocycles. The molecular weight excluding hydrogens is 578 g/mol. The number of primary amides is 1. The van der Waals surface area contributed by atoms with Crippen LogP contribution in [0.3, 0.4) is 0 Å². The Bertz CT molecular complexity index is 1210. The molecule has 1 aromatic carbocycles. The van der Waals surface area contributed by atoms with Gasteiger partial charge in [0.25, 0.3) is 0 Å². The number of hydrogen-bond acceptors (Lipinski definition) is 9. The highest BCUT2D eigenvalue weighted by molar-refractivity contribution is 5.96. The first-order valence-electron chi connectivity index (χ1n) is 14.2. The Kier molecular flexibility index (Phi) is 13.7. The number of nitrogens with one attached hydrogen (secondary N) is 4. The fraction of sp³-hybridized carbons (Fsp3) is 0.536. The number of hydrogen-bond donors (Lipinski definition) is 8. The first kappa shape index (κ1) is 35.6. The Morgan fingerprint density at radius 3 is 2.18 bits per heavy atom. The molecule has 10 N–H and O–H groups in total. The summed E-state index contributed by atoms with van der Waals surface area (Å²) in [4.78, 5) is 88.5. The van der Waals surface area contributed by atoms with Gasteiger partial charge in [-0.25, -0.2) is 4.79 Å². The van der Waals surface area contributed by atoms with E-state index in [0.717, 1.165) is 0 Å². The van der Waals surface area contributed by atoms with Crippen LogP contribution in [0.5, 0.6) is 0 Å². The van der Waals surface area contributed by atoms with Crippen molar-refractivity contribution in [3.05, 3.63) is 35.9 Å². The fourth-order valence-corrected chi connectivity index (χ4v) is 4.56. The highest BCUT2D eigenvalue weighted by Gasteiger charge is 2.37. The van der Waals surface area contributed by atoms with Gasteiger partial charge >= 0.3 is 5.97 Å². The Morgan fingerprint density at radius 2 is 1.61 bits per heavy atom. The topological polar surface area (TPSA) is 263 Å². The summed E-state index contributed by atoms with van der Waals surface area (Å²) in [5, 5.41) is 29.4. The summed E-state index contributed by atoms with van der Waals surface area (Å²) in [7, 11) is 0. The van der Waals surface area contributed by atoms with Gasteiger partial charge in [-0.05, 0) is 38.7 Å². The molecule has 0 aliphatic carbocycles. The van der Waals surface area contributed by atoms with Crippen LogP contribution in [0.15, 0.2) is 30.3 Å². The van der Waals surface area contributed by atoms with Gasteiger partial charge in [0.2, 0.25) is 35.4 Å². The van der Waals surface area contributed by atoms with Crippen molar-refractivity contribution in [1.82, 2.24) is 26.2 Å². The predicted molar refractivity (Wildman–Crippen MR) is 155 cm³/mol. The van der Waals surface area contributed by atoms with Crippen molar-refractivity contribution in [3.63, 3.8) is 0 Å². The van der Waals surface area contributed by atoms with Crippen LogP contribution in [0.25, 0.3) is 0 Å². The number of carbonyl (C=O) groups is 7. The Hall–Kier alpha value is -4.57. The molecule has 1 aliphatic heterocycles. The molecule has 0 unspecified atom stereocenters. The Morgan fingerprint density at radius 1 is 0.955 bits per heavy atom. The van der Waals surface area contributed by atoms with E-state index in [2.05, 4.69) is 21.3 Å². The maximum atomic E-state index is 13.3. The minimum absolute atomic E-state index is 0.0643. The number of carbonyl (C=O) groups excluding carboxylic acids is 6. The van der Waals surface area contributed by atoms with Crippen molar-refractivity contribution in [1.29, 1.82) is 0 Å². The lowest BCUT2D eigenvalue weighted by molar-refractivity contribution is -0.143. The third kappa shape index (κ3) is 10.9. The van der Waals surface area contributed by atoms with Crippen LogP contribution in [0.1, 0.15) is 45.1 Å². The fourth-order valence-electron chi connectivity index (χ4n) is 4.56. The second kappa shape index (κ2) is 16.9. The van der Waals surface area contributed by atoms with Crippen LogP contribution in [0, 0.1) is 0 Å². The van der Waals surface area contributed by atoms with E-state index in [1.807, 2.05) is 0 Å². The second-order valence-electron chi connectivity index (χ2n) is 10.6. The number of rotatable bonds is 16. The highest BCUT2D eigenvalue weighted by Crippen LogP contribution is 2.18. The van der Waals surface area contributed by atoms with E-state index in [9.17, 15) is 43.8 Å². The van der Waals surface area contributed by atoms with Gasteiger partial charge in [0, 0.05) is 19.4 Å². The van der Waals surface area contributed by atoms with Crippen LogP contribution < -0.4 is 32.7 Å². The summed E-state index contributed by atoms with van der Waals surface area (Å²) in [5.74, 6) is -5.84. The van der Waals surface area contributed by atoms with Gasteiger partial charge < -0.3 is 47.8 Å². The van der Waals surface area contributed by atoms with Crippen molar-refractivity contribution < 1.29 is 43.8 Å². The van der Waals surface area contributed by atoms with Crippen molar-refractivity contribution in [3.8, 4) is 0 Å². The van der Waals surface area contributed by atoms with E-state index >= 15 is 0 Å². The lowest BCUT2D eigenvalue weighted by atomic mass is 10.0. The number of amides is 6. The monoisotopic (exact) mass is 619 g/mol. The van der Waals surface area contributed by atoms with E-state index in [0.29, 0.717) is 12.0 Å². The number of benzene rings is 1. The molecule has 2 rings (SSSR count). The van der Waals surface area contributed by atoms with Crippen LogP contribution in [0.4, 0.5) is 0 Å². The minimum atomic E-state index is -1.62. The predicted octanol–water partition coefficient (Wildman–Crippen LogP) is -3.13. The van der Waals surface area contributed by atoms with Crippen LogP contribution >= 0.6 is 0 Å². The number of carboxylic acids is 1. The molecule has 44 heavy (non-hydrogen) atoms. The van der Waals surface area contributed by atoms with Crippen LogP contribution in [-0.2, 0) is 40.0 Å². The molecule has 0 radical (unpaired) electrons. The number of aliphatic hydroxyl groups excluding tert-OH is 1. The number of likely N-dealkylation sites (tertiary alicyclic amines) is 1. The first-order valence-corrected chi connectivity index (χ1v) is 14.2. The molecule has 0 aromatic heterocycles. The molecular formula is C28H41N7O9. The minimum Gasteiger partial charge on any atom is -0.480 e. The normalized spacial score (nSPS) is 17.7. The van der Waals surface area contributed by atoms with Crippen molar-refractivity contribution in [2.24, 2.45) is 11.5 Å². The summed E-state index contributed by atoms with van der Waals surface area (Å²) in [6.45, 7) is 2.49. The number of nitrogens with zero attached hydrogens (tertiary/aromatic N) is 1. The summed E-state index contributed by atoms with van der Waals surface area (Å²) < 4.78 is 0. The molecule has 6 atom stereocenters. The third-order valence-corrected chi connectivity index (χ3v) is 6.98. The average Bonchev–Trinajstić information content (AvgIpc) is 3.46. The lowest BCUT2D eigenvalue weighted by Gasteiger charge is -2.28. The molecule has 6 amide bonds. The second-order valence-corrected chi connectivity index (χ2v) is 10.6. The number of carboxylic acid groups (broad SMARTS) is 1. The van der Waals surface area contributed by atoms with Crippen LogP contribution in [-0.4, -0.2) is 106 Å². The zero-order valence-electron chi connectivity index (χ0n) is 24.7. The van der Waals surface area contributed by atoms with Crippen LogP contribution in [0.2, 0.25) is 0 Å². The molecule has 1 heterocycles. The largest absolute Gasteiger partial charge is 0.480 e. The summed E-state index contributed by atoms with van der Waals surface area (Å²) in [6.07, 6.45) is -1.39. The first-order chi connectivity index (χ1) is 20.7. The highest BCUT2D eigenvalue weighted by atomic mass is 16.4. The molecule has 1 aliphatic rings. The van der Waals surface area contributed by atoms with Gasteiger partial charge in [0.15, 0.2) is 0 Å². The van der Waals surface area contributed by atoms with Gasteiger partial charge in [-0.2, -0.15) is 0 Å². The standard InChI is InChI=1S/C28H41N7O9/c1-15(29)24(39)31-14-22(38)35-12-6-9-20(35)26(41)32-18(10-11-21(30)37)25(40)34-23(16(2)36)27(42)33-19(28(43)44)13-17-7-4-3-5-8-17/h3-5,7-8,15-16,18-20,23,36H,6,9-14,29H2,1-2H3,(H2,30,37)(H,31,39)(H,32,41)(H,33,42)(H,34,40)(H,43,44)/t15-,16+,18-,19-,20-,23-/m0/s1. The molecule has 0 bridgehead atoms. The molecule has 1 saturated heterocycles. The molecule has 1 fully saturated rings. The van der Waals surface area contributed by atoms with E-state index < -0.39 is 77.7 Å². The van der Waals surface area contributed by atoms with E-state index in [1.165, 1.54) is 18.7 Å². The molecule has 242 valence electrons. The zero-order chi connectivity index (χ0) is 33.0. The number of aliphatic carboxylic acids is 1. The molecule has 16 heteroatoms. The third-order valence-electron chi connectivity index (χ3n) is 6.98. The van der Waals surface area contributed by atoms with Crippen molar-refractivity contribution in [2.45, 2.75) is 82.3 Å². The summed E-state index contributed by atoms with van der Waals surface area (Å²) in [5.41, 5.74) is 11.4. The Balaban J connectivity index is 2.14. The van der Waals surface area contributed by atoms with Gasteiger partial charge in [0.05, 0.1) is 18.7 Å². The van der Waals surface area contributed by atoms with Gasteiger partial charge in [-0.1, -0.05) is 30.3 Å². The van der Waals surface area contributed by atoms with Gasteiger partial charge in [0.1, 0.15) is 24.2 Å². The maximum Gasteiger partial charge on any atom is 0.326 e. The quantitative estimate of drug-likeness (QED) is 0.0922. The smallest absolute Gasteiger partial charge is 0.326 e. The van der Waals surface area contributed by atoms with Crippen molar-refractivity contribution >= 4 is 41.4 Å². The van der Waals surface area contributed by atoms with Crippen molar-refractivity contribution in [2.75, 3.05) is 13.1 Å².